The number of hydrogen-bond donors (Lipinski definition) is 2. The number of nitrogens with zero attached hydrogens (tertiary/aromatic N) is 1. The molecule has 4 nitrogen and oxygen atoms in total. The molecule has 3 N–H and O–H groups in total. The van der Waals surface area contributed by atoms with Gasteiger partial charge in [-0.2, -0.15) is 0 Å². The summed E-state index contributed by atoms with van der Waals surface area (Å²) < 4.78 is 0. The summed E-state index contributed by atoms with van der Waals surface area (Å²) in [5.41, 5.74) is 7.13. The van der Waals surface area contributed by atoms with Gasteiger partial charge in [-0.1, -0.05) is 18.9 Å². The molecule has 0 spiro atoms. The molecule has 1 aromatic carbocycles. The van der Waals surface area contributed by atoms with Crippen LogP contribution in [-0.2, 0) is 0 Å². The van der Waals surface area contributed by atoms with Crippen LogP contribution >= 0.6 is 0 Å². The van der Waals surface area contributed by atoms with Crippen LogP contribution < -0.4 is 5.73 Å². The third-order valence-electron chi connectivity index (χ3n) is 3.90. The van der Waals surface area contributed by atoms with Crippen LogP contribution in [0.25, 0.3) is 0 Å². The summed E-state index contributed by atoms with van der Waals surface area (Å²) in [5, 5.41) is 10.4. The molecular weight excluding hydrogens is 240 g/mol. The van der Waals surface area contributed by atoms with Gasteiger partial charge in [0.05, 0.1) is 5.60 Å². The van der Waals surface area contributed by atoms with E-state index in [0.29, 0.717) is 17.8 Å². The number of hydrogen-bond acceptors (Lipinski definition) is 3. The molecule has 4 heteroatoms. The third kappa shape index (κ3) is 3.07. The minimum atomic E-state index is -0.710. The largest absolute Gasteiger partial charge is 0.399 e. The third-order valence-corrected chi connectivity index (χ3v) is 3.90. The lowest BCUT2D eigenvalue weighted by Gasteiger charge is -2.29. The van der Waals surface area contributed by atoms with Gasteiger partial charge < -0.3 is 15.7 Å². The average molecular weight is 262 g/mol. The Hall–Kier alpha value is -1.55. The zero-order valence-electron chi connectivity index (χ0n) is 11.6. The van der Waals surface area contributed by atoms with E-state index in [4.69, 9.17) is 5.73 Å². The molecule has 1 amide bonds. The first kappa shape index (κ1) is 13.9. The summed E-state index contributed by atoms with van der Waals surface area (Å²) in [7, 11) is 1.74. The Morgan fingerprint density at radius 2 is 2.05 bits per heavy atom. The van der Waals surface area contributed by atoms with E-state index >= 15 is 0 Å². The smallest absolute Gasteiger partial charge is 0.254 e. The molecule has 0 saturated heterocycles. The topological polar surface area (TPSA) is 66.6 Å². The van der Waals surface area contributed by atoms with Gasteiger partial charge in [0.2, 0.25) is 0 Å². The second-order valence-corrected chi connectivity index (χ2v) is 5.67. The predicted octanol–water partition coefficient (Wildman–Crippen LogP) is 1.95. The van der Waals surface area contributed by atoms with E-state index < -0.39 is 5.60 Å². The van der Waals surface area contributed by atoms with Crippen LogP contribution in [0, 0.1) is 6.92 Å². The van der Waals surface area contributed by atoms with Crippen molar-refractivity contribution in [2.75, 3.05) is 19.3 Å². The SMILES string of the molecule is Cc1ccc(N)cc1C(=O)N(C)CC1(O)CCCC1. The van der Waals surface area contributed by atoms with Crippen LogP contribution in [0.15, 0.2) is 18.2 Å². The second-order valence-electron chi connectivity index (χ2n) is 5.67. The number of anilines is 1. The molecule has 0 bridgehead atoms. The fourth-order valence-corrected chi connectivity index (χ4v) is 2.78. The number of nitrogens with two attached hydrogens (primary N) is 1. The molecular formula is C15H22N2O2. The molecule has 0 radical (unpaired) electrons. The monoisotopic (exact) mass is 262 g/mol. The zero-order chi connectivity index (χ0) is 14.0. The molecule has 1 fully saturated rings. The minimum absolute atomic E-state index is 0.0786. The van der Waals surface area contributed by atoms with Crippen molar-refractivity contribution >= 4 is 11.6 Å². The van der Waals surface area contributed by atoms with Gasteiger partial charge in [-0.25, -0.2) is 0 Å². The number of carbonyl (C=O) groups excluding carboxylic acids is 1. The van der Waals surface area contributed by atoms with Gasteiger partial charge in [-0.15, -0.1) is 0 Å². The summed E-state index contributed by atoms with van der Waals surface area (Å²) in [6, 6.07) is 5.34. The standard InChI is InChI=1S/C15H22N2O2/c1-11-5-6-12(16)9-13(11)14(18)17(2)10-15(19)7-3-4-8-15/h5-6,9,19H,3-4,7-8,10,16H2,1-2H3. The lowest BCUT2D eigenvalue weighted by molar-refractivity contribution is 0.0156. The maximum absolute atomic E-state index is 12.4. The lowest BCUT2D eigenvalue weighted by Crippen LogP contribution is -2.42. The average Bonchev–Trinajstić information content (AvgIpc) is 2.78. The highest BCUT2D eigenvalue weighted by Crippen LogP contribution is 2.30. The van der Waals surface area contributed by atoms with Crippen molar-refractivity contribution in [2.45, 2.75) is 38.2 Å². The summed E-state index contributed by atoms with van der Waals surface area (Å²) in [4.78, 5) is 14.0. The zero-order valence-corrected chi connectivity index (χ0v) is 11.6. The van der Waals surface area contributed by atoms with Crippen molar-refractivity contribution in [1.82, 2.24) is 4.90 Å². The number of nitrogen functional groups attached to an aromatic ring is 1. The number of amides is 1. The van der Waals surface area contributed by atoms with Gasteiger partial charge >= 0.3 is 0 Å². The number of aryl methyl sites for hydroxylation is 1. The van der Waals surface area contributed by atoms with E-state index in [9.17, 15) is 9.90 Å². The predicted molar refractivity (Wildman–Crippen MR) is 76.0 cm³/mol. The fraction of sp³-hybridized carbons (Fsp3) is 0.533. The highest BCUT2D eigenvalue weighted by Gasteiger charge is 2.33. The van der Waals surface area contributed by atoms with Gasteiger partial charge in [0, 0.05) is 24.8 Å². The highest BCUT2D eigenvalue weighted by molar-refractivity contribution is 5.96. The summed E-state index contributed by atoms with van der Waals surface area (Å²) in [6.07, 6.45) is 3.63. The van der Waals surface area contributed by atoms with Gasteiger partial charge in [-0.3, -0.25) is 4.79 Å². The molecule has 1 aromatic rings. The van der Waals surface area contributed by atoms with E-state index in [1.165, 1.54) is 0 Å². The number of benzene rings is 1. The van der Waals surface area contributed by atoms with E-state index in [0.717, 1.165) is 31.2 Å². The molecule has 104 valence electrons. The Labute approximate surface area is 114 Å². The maximum atomic E-state index is 12.4. The molecule has 1 aliphatic rings. The Balaban J connectivity index is 2.12. The van der Waals surface area contributed by atoms with Crippen LogP contribution in [0.4, 0.5) is 5.69 Å². The van der Waals surface area contributed by atoms with Gasteiger partial charge in [0.1, 0.15) is 0 Å². The van der Waals surface area contributed by atoms with E-state index in [2.05, 4.69) is 0 Å². The van der Waals surface area contributed by atoms with Crippen molar-refractivity contribution in [1.29, 1.82) is 0 Å². The van der Waals surface area contributed by atoms with Crippen molar-refractivity contribution in [2.24, 2.45) is 0 Å². The van der Waals surface area contributed by atoms with Crippen LogP contribution in [0.3, 0.4) is 0 Å². The van der Waals surface area contributed by atoms with Crippen molar-refractivity contribution in [3.05, 3.63) is 29.3 Å². The molecule has 2 rings (SSSR count). The molecule has 0 aliphatic heterocycles. The molecule has 0 heterocycles. The Morgan fingerprint density at radius 3 is 2.68 bits per heavy atom. The van der Waals surface area contributed by atoms with E-state index in [-0.39, 0.29) is 5.91 Å². The lowest BCUT2D eigenvalue weighted by atomic mass is 10.0. The molecule has 0 aromatic heterocycles. The number of rotatable bonds is 3. The number of carbonyl (C=O) groups is 1. The fourth-order valence-electron chi connectivity index (χ4n) is 2.78. The summed E-state index contributed by atoms with van der Waals surface area (Å²) in [5.74, 6) is -0.0786. The summed E-state index contributed by atoms with van der Waals surface area (Å²) >= 11 is 0. The quantitative estimate of drug-likeness (QED) is 0.818. The van der Waals surface area contributed by atoms with Gasteiger partial charge in [0.25, 0.3) is 5.91 Å². The van der Waals surface area contributed by atoms with Crippen molar-refractivity contribution in [3.63, 3.8) is 0 Å². The number of likely N-dealkylation sites (N-methyl/N-ethyl adjacent to an activating group) is 1. The first-order valence-corrected chi connectivity index (χ1v) is 6.75. The van der Waals surface area contributed by atoms with Crippen LogP contribution in [0.2, 0.25) is 0 Å². The minimum Gasteiger partial charge on any atom is -0.399 e. The van der Waals surface area contributed by atoms with Crippen molar-refractivity contribution < 1.29 is 9.90 Å². The van der Waals surface area contributed by atoms with E-state index in [1.807, 2.05) is 13.0 Å². The van der Waals surface area contributed by atoms with Crippen LogP contribution in [-0.4, -0.2) is 35.1 Å². The van der Waals surface area contributed by atoms with Crippen LogP contribution in [0.5, 0.6) is 0 Å². The van der Waals surface area contributed by atoms with Gasteiger partial charge in [0.15, 0.2) is 0 Å². The first-order valence-electron chi connectivity index (χ1n) is 6.75. The van der Waals surface area contributed by atoms with E-state index in [1.54, 1.807) is 24.1 Å². The summed E-state index contributed by atoms with van der Waals surface area (Å²) in [6.45, 7) is 2.28. The normalized spacial score (nSPS) is 17.4. The Kier molecular flexibility index (Phi) is 3.80. The van der Waals surface area contributed by atoms with Crippen LogP contribution in [0.1, 0.15) is 41.6 Å². The Morgan fingerprint density at radius 1 is 1.42 bits per heavy atom. The molecule has 19 heavy (non-hydrogen) atoms. The number of aliphatic hydroxyl groups is 1. The molecule has 1 saturated carbocycles. The highest BCUT2D eigenvalue weighted by atomic mass is 16.3. The Bertz CT molecular complexity index is 479. The molecule has 0 unspecified atom stereocenters. The van der Waals surface area contributed by atoms with Gasteiger partial charge in [-0.05, 0) is 37.5 Å². The molecule has 0 atom stereocenters. The molecule has 1 aliphatic carbocycles. The maximum Gasteiger partial charge on any atom is 0.254 e. The van der Waals surface area contributed by atoms with Crippen molar-refractivity contribution in [3.8, 4) is 0 Å². The first-order chi connectivity index (χ1) is 8.91. The second kappa shape index (κ2) is 5.21.